The maximum absolute atomic E-state index is 10.6. The molecule has 3 aliphatic rings. The molecule has 11 atom stereocenters. The van der Waals surface area contributed by atoms with E-state index in [1.807, 2.05) is 0 Å². The fourth-order valence-corrected chi connectivity index (χ4v) is 5.02. The Bertz CT molecular complexity index is 1360. The number of aliphatic hydroxyl groups is 8. The lowest BCUT2D eigenvalue weighted by molar-refractivity contribution is -0.293. The van der Waals surface area contributed by atoms with Crippen molar-refractivity contribution in [2.45, 2.75) is 67.5 Å². The molecule has 1 unspecified atom stereocenters. The number of aliphatic hydroxyl groups excluding tert-OH is 8. The average Bonchev–Trinajstić information content (AvgIpc) is 2.99. The Morgan fingerprint density at radius 3 is 1.68 bits per heavy atom. The number of hydrogen-bond donors (Lipinski definition) is 12. The monoisotopic (exact) mass is 628 g/mol. The first-order chi connectivity index (χ1) is 20.8. The first-order valence-corrected chi connectivity index (χ1v) is 13.3. The summed E-state index contributed by atoms with van der Waals surface area (Å²) in [4.78, 5) is 0. The van der Waals surface area contributed by atoms with Crippen LogP contribution in [0.25, 0.3) is 6.08 Å². The lowest BCUT2D eigenvalue weighted by Gasteiger charge is -2.41. The number of fused-ring (bicyclic) bond motifs is 1. The van der Waals surface area contributed by atoms with Crippen LogP contribution in [0.3, 0.4) is 0 Å². The lowest BCUT2D eigenvalue weighted by Crippen LogP contribution is -2.60. The second kappa shape index (κ2) is 12.4. The maximum Gasteiger partial charge on any atom is 0.229 e. The summed E-state index contributed by atoms with van der Waals surface area (Å²) in [5, 5.41) is 121. The molecule has 0 aliphatic carbocycles. The predicted molar refractivity (Wildman–Crippen MR) is 140 cm³/mol. The molecule has 242 valence electrons. The van der Waals surface area contributed by atoms with Crippen LogP contribution in [0.1, 0.15) is 17.2 Å². The fourth-order valence-electron chi connectivity index (χ4n) is 5.02. The molecule has 2 aromatic rings. The van der Waals surface area contributed by atoms with Gasteiger partial charge < -0.3 is 85.0 Å². The number of phenols is 4. The molecule has 12 N–H and O–H groups in total. The summed E-state index contributed by atoms with van der Waals surface area (Å²) < 4.78 is 28.4. The second-order valence-electron chi connectivity index (χ2n) is 10.4. The van der Waals surface area contributed by atoms with E-state index in [1.54, 1.807) is 0 Å². The van der Waals surface area contributed by atoms with Gasteiger partial charge in [0.25, 0.3) is 0 Å². The SMILES string of the molecule is OC[C@@H]1O[C@@H](OC2=Cc3c(cc(O)cc3O[C@@H]3O[C@H](CO)[C@@H](O)[C@H](O)[C@H]3O)OC2c2cc(O)c(O)c(O)c2)[C@@H](O)[C@H](O)[C@@H]1O. The smallest absolute Gasteiger partial charge is 0.229 e. The summed E-state index contributed by atoms with van der Waals surface area (Å²) in [5.41, 5.74) is -0.0261. The Morgan fingerprint density at radius 2 is 1.16 bits per heavy atom. The zero-order chi connectivity index (χ0) is 32.0. The molecule has 0 spiro atoms. The number of ether oxygens (including phenoxy) is 5. The summed E-state index contributed by atoms with van der Waals surface area (Å²) in [6.07, 6.45) is -16.9. The highest BCUT2D eigenvalue weighted by atomic mass is 16.7. The van der Waals surface area contributed by atoms with E-state index in [0.29, 0.717) is 0 Å². The number of rotatable bonds is 7. The van der Waals surface area contributed by atoms with Crippen molar-refractivity contribution in [3.8, 4) is 34.5 Å². The summed E-state index contributed by atoms with van der Waals surface area (Å²) in [5.74, 6) is -3.36. The normalized spacial score (nSPS) is 35.3. The van der Waals surface area contributed by atoms with E-state index in [2.05, 4.69) is 0 Å². The van der Waals surface area contributed by atoms with Gasteiger partial charge in [-0.05, 0) is 18.2 Å². The van der Waals surface area contributed by atoms with Crippen LogP contribution in [0, 0.1) is 0 Å². The molecule has 2 aromatic carbocycles. The molecule has 44 heavy (non-hydrogen) atoms. The molecule has 17 nitrogen and oxygen atoms in total. The number of hydrogen-bond acceptors (Lipinski definition) is 17. The van der Waals surface area contributed by atoms with E-state index in [-0.39, 0.29) is 28.4 Å². The maximum atomic E-state index is 10.6. The highest BCUT2D eigenvalue weighted by molar-refractivity contribution is 5.70. The highest BCUT2D eigenvalue weighted by Gasteiger charge is 2.47. The molecule has 3 heterocycles. The van der Waals surface area contributed by atoms with Crippen molar-refractivity contribution in [2.24, 2.45) is 0 Å². The van der Waals surface area contributed by atoms with Crippen LogP contribution in [0.15, 0.2) is 30.0 Å². The molecule has 0 amide bonds. The quantitative estimate of drug-likeness (QED) is 0.136. The van der Waals surface area contributed by atoms with Crippen molar-refractivity contribution in [1.82, 2.24) is 0 Å². The van der Waals surface area contributed by atoms with E-state index in [4.69, 9.17) is 23.7 Å². The Morgan fingerprint density at radius 1 is 0.636 bits per heavy atom. The minimum Gasteiger partial charge on any atom is -0.508 e. The molecule has 17 heteroatoms. The van der Waals surface area contributed by atoms with Gasteiger partial charge in [0.15, 0.2) is 23.4 Å². The Hall–Kier alpha value is -3.62. The van der Waals surface area contributed by atoms with E-state index >= 15 is 0 Å². The van der Waals surface area contributed by atoms with Crippen LogP contribution in [0.5, 0.6) is 34.5 Å². The van der Waals surface area contributed by atoms with E-state index in [1.165, 1.54) is 6.08 Å². The molecule has 2 saturated heterocycles. The minimum absolute atomic E-state index is 0.00261. The molecule has 5 rings (SSSR count). The van der Waals surface area contributed by atoms with Gasteiger partial charge in [-0.3, -0.25) is 0 Å². The third-order valence-electron chi connectivity index (χ3n) is 7.47. The van der Waals surface area contributed by atoms with Crippen LogP contribution in [0.4, 0.5) is 0 Å². The Balaban J connectivity index is 1.56. The molecule has 0 aromatic heterocycles. The van der Waals surface area contributed by atoms with Crippen molar-refractivity contribution in [3.05, 3.63) is 41.2 Å². The van der Waals surface area contributed by atoms with Gasteiger partial charge in [-0.25, -0.2) is 0 Å². The third-order valence-corrected chi connectivity index (χ3v) is 7.47. The van der Waals surface area contributed by atoms with Crippen LogP contribution in [0.2, 0.25) is 0 Å². The Labute approximate surface area is 247 Å². The standard InChI is InChI=1S/C27H32O17/c28-6-16-19(34)21(36)23(38)26(43-16)41-14-4-9(30)3-13-10(14)5-15(25(40-13)8-1-11(31)18(33)12(32)2-8)42-27-24(39)22(37)20(35)17(7-29)44-27/h1-5,16-17,19-39H,6-7H2/t16-,17+,19-,20-,21+,22-,23-,24+,25?,26-,27-/m1/s1. The Kier molecular flexibility index (Phi) is 8.96. The zero-order valence-corrected chi connectivity index (χ0v) is 22.6. The zero-order valence-electron chi connectivity index (χ0n) is 22.6. The van der Waals surface area contributed by atoms with Gasteiger partial charge in [-0.15, -0.1) is 0 Å². The number of aromatic hydroxyl groups is 4. The van der Waals surface area contributed by atoms with Crippen LogP contribution < -0.4 is 9.47 Å². The second-order valence-corrected chi connectivity index (χ2v) is 10.4. The van der Waals surface area contributed by atoms with Crippen LogP contribution in [-0.4, -0.2) is 136 Å². The van der Waals surface area contributed by atoms with E-state index < -0.39 is 104 Å². The molecular formula is C27H32O17. The third kappa shape index (κ3) is 5.77. The first kappa shape index (κ1) is 31.8. The van der Waals surface area contributed by atoms with Gasteiger partial charge in [0.05, 0.1) is 18.8 Å². The van der Waals surface area contributed by atoms with E-state index in [9.17, 15) is 61.3 Å². The van der Waals surface area contributed by atoms with E-state index in [0.717, 1.165) is 24.3 Å². The van der Waals surface area contributed by atoms with Gasteiger partial charge in [0.1, 0.15) is 71.8 Å². The van der Waals surface area contributed by atoms with Crippen LogP contribution in [-0.2, 0) is 14.2 Å². The van der Waals surface area contributed by atoms with Gasteiger partial charge in [0, 0.05) is 17.7 Å². The van der Waals surface area contributed by atoms with Crippen molar-refractivity contribution >= 4 is 6.08 Å². The molecule has 0 radical (unpaired) electrons. The number of benzene rings is 2. The van der Waals surface area contributed by atoms with Gasteiger partial charge >= 0.3 is 0 Å². The average molecular weight is 629 g/mol. The minimum atomic E-state index is -1.86. The predicted octanol–water partition coefficient (Wildman–Crippen LogP) is -3.02. The summed E-state index contributed by atoms with van der Waals surface area (Å²) in [7, 11) is 0. The van der Waals surface area contributed by atoms with Crippen molar-refractivity contribution < 1.29 is 85.0 Å². The first-order valence-electron chi connectivity index (χ1n) is 13.3. The lowest BCUT2D eigenvalue weighted by atomic mass is 9.98. The summed E-state index contributed by atoms with van der Waals surface area (Å²) in [6.45, 7) is -1.50. The molecule has 0 saturated carbocycles. The largest absolute Gasteiger partial charge is 0.508 e. The van der Waals surface area contributed by atoms with Crippen molar-refractivity contribution in [3.63, 3.8) is 0 Å². The van der Waals surface area contributed by atoms with Gasteiger partial charge in [-0.2, -0.15) is 0 Å². The molecule has 0 bridgehead atoms. The molecule has 3 aliphatic heterocycles. The number of phenolic OH excluding ortho intramolecular Hbond substituents is 4. The molecular weight excluding hydrogens is 596 g/mol. The summed E-state index contributed by atoms with van der Waals surface area (Å²) in [6, 6.07) is 4.25. The fraction of sp³-hybridized carbons (Fsp3) is 0.481. The van der Waals surface area contributed by atoms with Crippen molar-refractivity contribution in [1.29, 1.82) is 0 Å². The van der Waals surface area contributed by atoms with Gasteiger partial charge in [0.2, 0.25) is 12.6 Å². The highest BCUT2D eigenvalue weighted by Crippen LogP contribution is 2.47. The van der Waals surface area contributed by atoms with Crippen LogP contribution >= 0.6 is 0 Å². The van der Waals surface area contributed by atoms with Gasteiger partial charge in [-0.1, -0.05) is 0 Å². The topological polar surface area (TPSA) is 289 Å². The van der Waals surface area contributed by atoms with Crippen molar-refractivity contribution in [2.75, 3.05) is 13.2 Å². The summed E-state index contributed by atoms with van der Waals surface area (Å²) >= 11 is 0. The molecule has 2 fully saturated rings.